The molecule has 0 saturated carbocycles. The van der Waals surface area contributed by atoms with Gasteiger partial charge in [-0.1, -0.05) is 69.4 Å². The van der Waals surface area contributed by atoms with Gasteiger partial charge in [0.25, 0.3) is 0 Å². The zero-order valence-electron chi connectivity index (χ0n) is 14.1. The number of unbranched alkanes of at least 4 members (excludes halogenated alkanes) is 1. The van der Waals surface area contributed by atoms with Crippen LogP contribution in [0.3, 0.4) is 0 Å². The molecule has 0 N–H and O–H groups in total. The Morgan fingerprint density at radius 1 is 1.36 bits per heavy atom. The van der Waals surface area contributed by atoms with E-state index in [-0.39, 0.29) is 5.92 Å². The van der Waals surface area contributed by atoms with Crippen LogP contribution in [-0.2, 0) is 0 Å². The van der Waals surface area contributed by atoms with E-state index in [9.17, 15) is 5.26 Å². The lowest BCUT2D eigenvalue weighted by molar-refractivity contribution is 0.592. The van der Waals surface area contributed by atoms with Gasteiger partial charge in [0, 0.05) is 0 Å². The summed E-state index contributed by atoms with van der Waals surface area (Å²) in [4.78, 5) is 0. The van der Waals surface area contributed by atoms with Crippen LogP contribution in [0.25, 0.3) is 0 Å². The van der Waals surface area contributed by atoms with Gasteiger partial charge in [-0.25, -0.2) is 0 Å². The van der Waals surface area contributed by atoms with Crippen LogP contribution in [0.4, 0.5) is 0 Å². The van der Waals surface area contributed by atoms with E-state index in [1.54, 1.807) is 0 Å². The van der Waals surface area contributed by atoms with Crippen molar-refractivity contribution < 1.29 is 0 Å². The lowest BCUT2D eigenvalue weighted by Crippen LogP contribution is -1.97. The lowest BCUT2D eigenvalue weighted by atomic mass is 9.98. The fourth-order valence-electron chi connectivity index (χ4n) is 2.84. The van der Waals surface area contributed by atoms with Crippen molar-refractivity contribution >= 4 is 0 Å². The molecule has 0 spiro atoms. The summed E-state index contributed by atoms with van der Waals surface area (Å²) in [7, 11) is 0. The van der Waals surface area contributed by atoms with E-state index in [1.807, 2.05) is 6.08 Å². The molecule has 0 aliphatic heterocycles. The highest BCUT2D eigenvalue weighted by Crippen LogP contribution is 2.27. The molecule has 0 saturated heterocycles. The minimum absolute atomic E-state index is 0.0116. The molecule has 1 rings (SSSR count). The SMILES string of the molecule is C=CC1=CC(C#N)CC(C)C=C1/C=C/CCCC(=C)CCC. The second-order valence-electron chi connectivity index (χ2n) is 6.19. The molecule has 0 radical (unpaired) electrons. The first kappa shape index (κ1) is 18.2. The average Bonchev–Trinajstić information content (AvgIpc) is 2.65. The molecular weight excluding hydrogens is 266 g/mol. The van der Waals surface area contributed by atoms with Gasteiger partial charge >= 0.3 is 0 Å². The van der Waals surface area contributed by atoms with Crippen molar-refractivity contribution in [1.82, 2.24) is 0 Å². The third-order valence-electron chi connectivity index (χ3n) is 3.99. The maximum absolute atomic E-state index is 9.20. The molecule has 0 aromatic carbocycles. The quantitative estimate of drug-likeness (QED) is 0.381. The van der Waals surface area contributed by atoms with E-state index in [1.165, 1.54) is 17.6 Å². The summed E-state index contributed by atoms with van der Waals surface area (Å²) in [6.07, 6.45) is 17.2. The van der Waals surface area contributed by atoms with Crippen molar-refractivity contribution in [1.29, 1.82) is 5.26 Å². The van der Waals surface area contributed by atoms with Gasteiger partial charge < -0.3 is 0 Å². The third kappa shape index (κ3) is 6.31. The molecule has 1 aliphatic rings. The lowest BCUT2D eigenvalue weighted by Gasteiger charge is -2.05. The van der Waals surface area contributed by atoms with Crippen molar-refractivity contribution in [3.05, 3.63) is 60.3 Å². The zero-order chi connectivity index (χ0) is 16.4. The van der Waals surface area contributed by atoms with E-state index in [4.69, 9.17) is 0 Å². The second-order valence-corrected chi connectivity index (χ2v) is 6.19. The summed E-state index contributed by atoms with van der Waals surface area (Å²) in [6, 6.07) is 2.37. The Balaban J connectivity index is 2.61. The summed E-state index contributed by atoms with van der Waals surface area (Å²) in [5, 5.41) is 9.20. The molecule has 0 amide bonds. The molecule has 2 unspecified atom stereocenters. The number of nitriles is 1. The largest absolute Gasteiger partial charge is 0.198 e. The molecule has 1 heteroatoms. The van der Waals surface area contributed by atoms with Crippen molar-refractivity contribution in [3.63, 3.8) is 0 Å². The summed E-state index contributed by atoms with van der Waals surface area (Å²) >= 11 is 0. The Morgan fingerprint density at radius 3 is 2.77 bits per heavy atom. The summed E-state index contributed by atoms with van der Waals surface area (Å²) in [6.45, 7) is 12.4. The molecule has 0 bridgehead atoms. The Kier molecular flexibility index (Phi) is 8.30. The molecule has 22 heavy (non-hydrogen) atoms. The molecular formula is C21H29N. The molecule has 0 fully saturated rings. The van der Waals surface area contributed by atoms with E-state index in [0.29, 0.717) is 5.92 Å². The molecule has 0 aromatic rings. The van der Waals surface area contributed by atoms with Gasteiger partial charge in [0.2, 0.25) is 0 Å². The van der Waals surface area contributed by atoms with Crippen LogP contribution in [0.1, 0.15) is 52.4 Å². The Morgan fingerprint density at radius 2 is 2.14 bits per heavy atom. The van der Waals surface area contributed by atoms with Crippen molar-refractivity contribution in [2.24, 2.45) is 11.8 Å². The van der Waals surface area contributed by atoms with E-state index in [2.05, 4.69) is 57.4 Å². The Labute approximate surface area is 136 Å². The smallest absolute Gasteiger partial charge is 0.0698 e. The fourth-order valence-corrected chi connectivity index (χ4v) is 2.84. The first-order valence-electron chi connectivity index (χ1n) is 8.40. The topological polar surface area (TPSA) is 23.8 Å². The van der Waals surface area contributed by atoms with E-state index < -0.39 is 0 Å². The monoisotopic (exact) mass is 295 g/mol. The molecule has 1 aliphatic carbocycles. The normalized spacial score (nSPS) is 21.7. The predicted octanol–water partition coefficient (Wildman–Crippen LogP) is 6.29. The highest BCUT2D eigenvalue weighted by molar-refractivity contribution is 5.47. The van der Waals surface area contributed by atoms with E-state index in [0.717, 1.165) is 37.7 Å². The van der Waals surface area contributed by atoms with Crippen molar-refractivity contribution in [2.45, 2.75) is 52.4 Å². The van der Waals surface area contributed by atoms with Gasteiger partial charge in [-0.3, -0.25) is 0 Å². The summed E-state index contributed by atoms with van der Waals surface area (Å²) in [5.74, 6) is 0.407. The molecule has 2 atom stereocenters. The number of allylic oxidation sites excluding steroid dienone is 8. The van der Waals surface area contributed by atoms with Crippen molar-refractivity contribution in [2.75, 3.05) is 0 Å². The first-order valence-corrected chi connectivity index (χ1v) is 8.40. The van der Waals surface area contributed by atoms with E-state index >= 15 is 0 Å². The van der Waals surface area contributed by atoms with Gasteiger partial charge in [0.05, 0.1) is 12.0 Å². The van der Waals surface area contributed by atoms with Crippen LogP contribution in [0.5, 0.6) is 0 Å². The van der Waals surface area contributed by atoms with Crippen LogP contribution in [0.2, 0.25) is 0 Å². The Bertz CT molecular complexity index is 511. The minimum atomic E-state index is -0.0116. The van der Waals surface area contributed by atoms with Gasteiger partial charge in [0.15, 0.2) is 0 Å². The summed E-state index contributed by atoms with van der Waals surface area (Å²) in [5.41, 5.74) is 3.65. The zero-order valence-corrected chi connectivity index (χ0v) is 14.1. The third-order valence-corrected chi connectivity index (χ3v) is 3.99. The first-order chi connectivity index (χ1) is 10.6. The summed E-state index contributed by atoms with van der Waals surface area (Å²) < 4.78 is 0. The number of hydrogen-bond donors (Lipinski definition) is 0. The maximum atomic E-state index is 9.20. The van der Waals surface area contributed by atoms with Gasteiger partial charge in [-0.05, 0) is 49.2 Å². The molecule has 1 nitrogen and oxygen atoms in total. The van der Waals surface area contributed by atoms with Gasteiger partial charge in [-0.2, -0.15) is 5.26 Å². The van der Waals surface area contributed by atoms with Crippen LogP contribution in [0, 0.1) is 23.2 Å². The van der Waals surface area contributed by atoms with Crippen LogP contribution >= 0.6 is 0 Å². The standard InChI is InChI=1S/C21H29N/c1-5-10-17(3)11-8-7-9-12-21-14-18(4)13-19(16-22)15-20(21)6-2/h6,9,12,14-15,18-19H,2-3,5,7-8,10-11,13H2,1,4H3/b12-9+. The molecule has 118 valence electrons. The van der Waals surface area contributed by atoms with Crippen LogP contribution < -0.4 is 0 Å². The van der Waals surface area contributed by atoms with Crippen molar-refractivity contribution in [3.8, 4) is 6.07 Å². The Hall–Kier alpha value is -1.81. The average molecular weight is 295 g/mol. The minimum Gasteiger partial charge on any atom is -0.198 e. The van der Waals surface area contributed by atoms with Crippen LogP contribution in [0.15, 0.2) is 60.3 Å². The van der Waals surface area contributed by atoms with Crippen LogP contribution in [-0.4, -0.2) is 0 Å². The predicted molar refractivity (Wildman–Crippen MR) is 96.3 cm³/mol. The number of nitrogens with zero attached hydrogens (tertiary/aromatic N) is 1. The number of rotatable bonds is 8. The molecule has 0 heterocycles. The fraction of sp³-hybridized carbons (Fsp3) is 0.476. The second kappa shape index (κ2) is 10.0. The molecule has 0 aromatic heterocycles. The number of hydrogen-bond acceptors (Lipinski definition) is 1. The maximum Gasteiger partial charge on any atom is 0.0698 e. The van der Waals surface area contributed by atoms with Gasteiger partial charge in [0.1, 0.15) is 0 Å². The highest BCUT2D eigenvalue weighted by Gasteiger charge is 2.15. The van der Waals surface area contributed by atoms with Gasteiger partial charge in [-0.15, -0.1) is 0 Å². The highest BCUT2D eigenvalue weighted by atomic mass is 14.3.